The minimum atomic E-state index is -3.47. The molecule has 6 nitrogen and oxygen atoms in total. The molecule has 0 atom stereocenters. The molecule has 0 aliphatic carbocycles. The predicted molar refractivity (Wildman–Crippen MR) is 111 cm³/mol. The van der Waals surface area contributed by atoms with Crippen LogP contribution in [0.1, 0.15) is 18.4 Å². The Hall–Kier alpha value is -1.90. The number of amides is 1. The van der Waals surface area contributed by atoms with E-state index in [0.29, 0.717) is 31.3 Å². The molecule has 1 aromatic carbocycles. The lowest BCUT2D eigenvalue weighted by molar-refractivity contribution is -0.118. The molecule has 1 saturated heterocycles. The number of carbonyl (C=O) groups excluding carboxylic acids is 1. The summed E-state index contributed by atoms with van der Waals surface area (Å²) < 4.78 is 26.7. The van der Waals surface area contributed by atoms with Gasteiger partial charge in [-0.3, -0.25) is 9.78 Å². The average Bonchev–Trinajstić information content (AvgIpc) is 2.74. The van der Waals surface area contributed by atoms with Gasteiger partial charge in [0.05, 0.1) is 5.75 Å². The summed E-state index contributed by atoms with van der Waals surface area (Å²) in [6, 6.07) is 13.3. The molecule has 150 valence electrons. The molecule has 3 rings (SSSR count). The Morgan fingerprint density at radius 3 is 2.57 bits per heavy atom. The number of hydrogen-bond donors (Lipinski definition) is 1. The number of rotatable bonds is 8. The molecule has 28 heavy (non-hydrogen) atoms. The van der Waals surface area contributed by atoms with Crippen molar-refractivity contribution in [3.8, 4) is 0 Å². The van der Waals surface area contributed by atoms with Crippen LogP contribution in [0.5, 0.6) is 0 Å². The predicted octanol–water partition coefficient (Wildman–Crippen LogP) is 2.53. The highest BCUT2D eigenvalue weighted by atomic mass is 32.2. The molecule has 2 aromatic rings. The van der Waals surface area contributed by atoms with E-state index in [0.717, 1.165) is 18.6 Å². The maximum Gasteiger partial charge on any atom is 0.244 e. The molecular weight excluding hydrogens is 394 g/mol. The first kappa shape index (κ1) is 20.8. The molecule has 0 spiro atoms. The van der Waals surface area contributed by atoms with E-state index in [-0.39, 0.29) is 10.8 Å². The third-order valence-corrected chi connectivity index (χ3v) is 7.66. The van der Waals surface area contributed by atoms with Gasteiger partial charge in [0.1, 0.15) is 4.90 Å². The fourth-order valence-corrected chi connectivity index (χ4v) is 5.40. The topological polar surface area (TPSA) is 79.4 Å². The van der Waals surface area contributed by atoms with Gasteiger partial charge in [0.25, 0.3) is 0 Å². The van der Waals surface area contributed by atoms with Gasteiger partial charge in [0, 0.05) is 37.8 Å². The highest BCUT2D eigenvalue weighted by Crippen LogP contribution is 2.23. The smallest absolute Gasteiger partial charge is 0.244 e. The lowest BCUT2D eigenvalue weighted by atomic mass is 9.98. The lowest BCUT2D eigenvalue weighted by Crippen LogP contribution is -2.41. The van der Waals surface area contributed by atoms with Crippen molar-refractivity contribution in [1.82, 2.24) is 14.6 Å². The molecule has 1 aromatic heterocycles. The fraction of sp³-hybridized carbons (Fsp3) is 0.400. The Labute approximate surface area is 170 Å². The van der Waals surface area contributed by atoms with Crippen LogP contribution in [0, 0.1) is 5.92 Å². The monoisotopic (exact) mass is 419 g/mol. The Balaban J connectivity index is 1.37. The summed E-state index contributed by atoms with van der Waals surface area (Å²) in [6.45, 7) is 1.55. The van der Waals surface area contributed by atoms with Crippen molar-refractivity contribution in [2.24, 2.45) is 5.92 Å². The van der Waals surface area contributed by atoms with Gasteiger partial charge < -0.3 is 5.32 Å². The number of carbonyl (C=O) groups is 1. The summed E-state index contributed by atoms with van der Waals surface area (Å²) in [6.07, 6.45) is 4.44. The molecule has 1 aliphatic heterocycles. The molecule has 0 saturated carbocycles. The Bertz CT molecular complexity index is 853. The minimum Gasteiger partial charge on any atom is -0.355 e. The quantitative estimate of drug-likeness (QED) is 0.711. The summed E-state index contributed by atoms with van der Waals surface area (Å²) >= 11 is 1.60. The van der Waals surface area contributed by atoms with Gasteiger partial charge in [-0.25, -0.2) is 8.42 Å². The molecule has 0 bridgehead atoms. The molecule has 0 radical (unpaired) electrons. The van der Waals surface area contributed by atoms with Crippen LogP contribution in [0.2, 0.25) is 0 Å². The van der Waals surface area contributed by atoms with Gasteiger partial charge in [-0.05, 0) is 36.5 Å². The first-order valence-electron chi connectivity index (χ1n) is 9.34. The number of nitrogens with zero attached hydrogens (tertiary/aromatic N) is 2. The van der Waals surface area contributed by atoms with Crippen molar-refractivity contribution in [3.05, 3.63) is 60.4 Å². The van der Waals surface area contributed by atoms with Crippen molar-refractivity contribution < 1.29 is 13.2 Å². The van der Waals surface area contributed by atoms with Crippen molar-refractivity contribution in [1.29, 1.82) is 0 Å². The van der Waals surface area contributed by atoms with Crippen LogP contribution in [-0.2, 0) is 20.6 Å². The standard InChI is InChI=1S/C20H25N3O3S2/c24-20(16-27-15-18-5-2-1-3-6-18)22-13-17-8-11-23(12-9-17)28(25,26)19-7-4-10-21-14-19/h1-7,10,14,17H,8-9,11-13,15-16H2,(H,22,24). The van der Waals surface area contributed by atoms with Gasteiger partial charge in [-0.15, -0.1) is 11.8 Å². The first-order valence-corrected chi connectivity index (χ1v) is 11.9. The van der Waals surface area contributed by atoms with Gasteiger partial charge >= 0.3 is 0 Å². The SMILES string of the molecule is O=C(CSCc1ccccc1)NCC1CCN(S(=O)(=O)c2cccnc2)CC1. The second kappa shape index (κ2) is 10.0. The summed E-state index contributed by atoms with van der Waals surface area (Å²) in [4.78, 5) is 16.2. The maximum atomic E-state index is 12.6. The molecule has 1 aliphatic rings. The van der Waals surface area contributed by atoms with Crippen LogP contribution in [0.15, 0.2) is 59.8 Å². The number of benzene rings is 1. The van der Waals surface area contributed by atoms with Crippen molar-refractivity contribution in [2.75, 3.05) is 25.4 Å². The summed E-state index contributed by atoms with van der Waals surface area (Å²) in [5, 5.41) is 2.99. The van der Waals surface area contributed by atoms with Crippen LogP contribution < -0.4 is 5.32 Å². The van der Waals surface area contributed by atoms with Gasteiger partial charge in [0.15, 0.2) is 0 Å². The normalized spacial score (nSPS) is 16.0. The summed E-state index contributed by atoms with van der Waals surface area (Å²) in [5.41, 5.74) is 1.21. The second-order valence-corrected chi connectivity index (χ2v) is 9.74. The maximum absolute atomic E-state index is 12.6. The largest absolute Gasteiger partial charge is 0.355 e. The van der Waals surface area contributed by atoms with E-state index in [9.17, 15) is 13.2 Å². The highest BCUT2D eigenvalue weighted by molar-refractivity contribution is 7.99. The van der Waals surface area contributed by atoms with Gasteiger partial charge in [0.2, 0.25) is 15.9 Å². The van der Waals surface area contributed by atoms with Crippen LogP contribution in [0.4, 0.5) is 0 Å². The third-order valence-electron chi connectivity index (χ3n) is 4.78. The van der Waals surface area contributed by atoms with E-state index in [1.165, 1.54) is 16.1 Å². The van der Waals surface area contributed by atoms with Crippen molar-refractivity contribution in [2.45, 2.75) is 23.5 Å². The molecular formula is C20H25N3O3S2. The van der Waals surface area contributed by atoms with Gasteiger partial charge in [-0.1, -0.05) is 30.3 Å². The second-order valence-electron chi connectivity index (χ2n) is 6.82. The molecule has 1 amide bonds. The third kappa shape index (κ3) is 5.80. The number of sulfonamides is 1. The zero-order chi connectivity index (χ0) is 19.8. The fourth-order valence-electron chi connectivity index (χ4n) is 3.15. The van der Waals surface area contributed by atoms with Crippen LogP contribution in [0.3, 0.4) is 0 Å². The van der Waals surface area contributed by atoms with Crippen LogP contribution in [-0.4, -0.2) is 49.0 Å². The van der Waals surface area contributed by atoms with E-state index in [4.69, 9.17) is 0 Å². The Morgan fingerprint density at radius 2 is 1.89 bits per heavy atom. The van der Waals surface area contributed by atoms with E-state index >= 15 is 0 Å². The van der Waals surface area contributed by atoms with E-state index in [1.807, 2.05) is 18.2 Å². The Kier molecular flexibility index (Phi) is 7.47. The van der Waals surface area contributed by atoms with E-state index in [2.05, 4.69) is 22.4 Å². The van der Waals surface area contributed by atoms with Gasteiger partial charge in [-0.2, -0.15) is 4.31 Å². The number of thioether (sulfide) groups is 1. The number of aromatic nitrogens is 1. The van der Waals surface area contributed by atoms with Crippen molar-refractivity contribution in [3.63, 3.8) is 0 Å². The highest BCUT2D eigenvalue weighted by Gasteiger charge is 2.29. The summed E-state index contributed by atoms with van der Waals surface area (Å²) in [7, 11) is -3.47. The molecule has 2 heterocycles. The lowest BCUT2D eigenvalue weighted by Gasteiger charge is -2.31. The molecule has 1 N–H and O–H groups in total. The number of pyridine rings is 1. The van der Waals surface area contributed by atoms with Crippen molar-refractivity contribution >= 4 is 27.7 Å². The number of nitrogens with one attached hydrogen (secondary N) is 1. The average molecular weight is 420 g/mol. The zero-order valence-corrected chi connectivity index (χ0v) is 17.3. The molecule has 0 unspecified atom stereocenters. The Morgan fingerprint density at radius 1 is 1.14 bits per heavy atom. The zero-order valence-electron chi connectivity index (χ0n) is 15.7. The number of hydrogen-bond acceptors (Lipinski definition) is 5. The van der Waals surface area contributed by atoms with Crippen LogP contribution in [0.25, 0.3) is 0 Å². The van der Waals surface area contributed by atoms with Crippen LogP contribution >= 0.6 is 11.8 Å². The van der Waals surface area contributed by atoms with E-state index < -0.39 is 10.0 Å². The molecule has 1 fully saturated rings. The number of piperidine rings is 1. The minimum absolute atomic E-state index is 0.0337. The first-order chi connectivity index (χ1) is 13.6. The molecule has 8 heteroatoms. The summed E-state index contributed by atoms with van der Waals surface area (Å²) in [5.74, 6) is 1.59. The van der Waals surface area contributed by atoms with E-state index in [1.54, 1.807) is 30.1 Å².